The second-order valence-electron chi connectivity index (χ2n) is 5.47. The van der Waals surface area contributed by atoms with Crippen molar-refractivity contribution in [2.24, 2.45) is 0 Å². The summed E-state index contributed by atoms with van der Waals surface area (Å²) in [5, 5.41) is 15.4. The molecule has 0 aliphatic carbocycles. The third-order valence-electron chi connectivity index (χ3n) is 3.45. The van der Waals surface area contributed by atoms with Crippen LogP contribution < -0.4 is 5.32 Å². The number of amides is 1. The molecule has 0 aliphatic heterocycles. The normalized spacial score (nSPS) is 12.0. The van der Waals surface area contributed by atoms with Gasteiger partial charge in [0.2, 0.25) is 11.1 Å². The molecule has 25 heavy (non-hydrogen) atoms. The van der Waals surface area contributed by atoms with Crippen LogP contribution in [0, 0.1) is 6.92 Å². The summed E-state index contributed by atoms with van der Waals surface area (Å²) in [6, 6.07) is 14.8. The van der Waals surface area contributed by atoms with Gasteiger partial charge in [-0.15, -0.1) is 5.10 Å². The highest BCUT2D eigenvalue weighted by atomic mass is 35.5. The Balaban J connectivity index is 1.71. The van der Waals surface area contributed by atoms with Crippen molar-refractivity contribution in [1.29, 1.82) is 0 Å². The van der Waals surface area contributed by atoms with E-state index >= 15 is 0 Å². The Morgan fingerprint density at radius 2 is 2.00 bits per heavy atom. The number of anilines is 1. The summed E-state index contributed by atoms with van der Waals surface area (Å²) >= 11 is 7.20. The van der Waals surface area contributed by atoms with E-state index in [0.29, 0.717) is 10.2 Å². The molecular formula is C17H16ClN5OS. The predicted octanol–water partition coefficient (Wildman–Crippen LogP) is 3.74. The molecule has 0 spiro atoms. The van der Waals surface area contributed by atoms with Crippen LogP contribution in [-0.4, -0.2) is 31.4 Å². The smallest absolute Gasteiger partial charge is 0.237 e. The fourth-order valence-corrected chi connectivity index (χ4v) is 3.11. The molecule has 0 bridgehead atoms. The Morgan fingerprint density at radius 1 is 1.24 bits per heavy atom. The van der Waals surface area contributed by atoms with Crippen molar-refractivity contribution in [3.63, 3.8) is 0 Å². The first-order valence-corrected chi connectivity index (χ1v) is 8.87. The van der Waals surface area contributed by atoms with Gasteiger partial charge in [-0.25, -0.2) is 0 Å². The van der Waals surface area contributed by atoms with Crippen molar-refractivity contribution in [2.45, 2.75) is 24.3 Å². The van der Waals surface area contributed by atoms with Crippen LogP contribution in [0.5, 0.6) is 0 Å². The van der Waals surface area contributed by atoms with Crippen molar-refractivity contribution in [1.82, 2.24) is 20.2 Å². The van der Waals surface area contributed by atoms with Gasteiger partial charge in [-0.1, -0.05) is 35.5 Å². The van der Waals surface area contributed by atoms with E-state index in [1.54, 1.807) is 16.8 Å². The Kier molecular flexibility index (Phi) is 5.35. The Morgan fingerprint density at radius 3 is 2.72 bits per heavy atom. The first-order chi connectivity index (χ1) is 12.0. The number of nitrogens with zero attached hydrogens (tertiary/aromatic N) is 4. The van der Waals surface area contributed by atoms with Gasteiger partial charge < -0.3 is 5.32 Å². The molecular weight excluding hydrogens is 358 g/mol. The Labute approximate surface area is 154 Å². The number of rotatable bonds is 5. The number of aromatic nitrogens is 4. The maximum absolute atomic E-state index is 12.4. The highest BCUT2D eigenvalue weighted by molar-refractivity contribution is 8.00. The lowest BCUT2D eigenvalue weighted by atomic mass is 10.2. The zero-order chi connectivity index (χ0) is 17.8. The molecule has 6 nitrogen and oxygen atoms in total. The first kappa shape index (κ1) is 17.4. The van der Waals surface area contributed by atoms with E-state index < -0.39 is 0 Å². The number of hydrogen-bond acceptors (Lipinski definition) is 5. The zero-order valence-electron chi connectivity index (χ0n) is 13.7. The van der Waals surface area contributed by atoms with Crippen molar-refractivity contribution < 1.29 is 4.79 Å². The topological polar surface area (TPSA) is 72.7 Å². The van der Waals surface area contributed by atoms with Gasteiger partial charge in [-0.2, -0.15) is 4.68 Å². The number of halogens is 1. The van der Waals surface area contributed by atoms with Crippen molar-refractivity contribution in [2.75, 3.05) is 5.32 Å². The highest BCUT2D eigenvalue weighted by Gasteiger charge is 2.19. The van der Waals surface area contributed by atoms with Crippen LogP contribution in [0.25, 0.3) is 5.69 Å². The predicted molar refractivity (Wildman–Crippen MR) is 99.3 cm³/mol. The molecule has 1 aromatic heterocycles. The van der Waals surface area contributed by atoms with E-state index in [4.69, 9.17) is 11.6 Å². The molecule has 1 N–H and O–H groups in total. The van der Waals surface area contributed by atoms with Gasteiger partial charge in [0.05, 0.1) is 10.9 Å². The minimum absolute atomic E-state index is 0.110. The minimum Gasteiger partial charge on any atom is -0.325 e. The van der Waals surface area contributed by atoms with Gasteiger partial charge >= 0.3 is 0 Å². The van der Waals surface area contributed by atoms with E-state index in [1.165, 1.54) is 11.8 Å². The lowest BCUT2D eigenvalue weighted by Crippen LogP contribution is -2.23. The molecule has 1 atom stereocenters. The summed E-state index contributed by atoms with van der Waals surface area (Å²) in [6.45, 7) is 3.80. The van der Waals surface area contributed by atoms with Gasteiger partial charge in [0.1, 0.15) is 0 Å². The van der Waals surface area contributed by atoms with Crippen molar-refractivity contribution >= 4 is 35.0 Å². The molecule has 3 aromatic rings. The summed E-state index contributed by atoms with van der Waals surface area (Å²) in [7, 11) is 0. The van der Waals surface area contributed by atoms with E-state index in [1.807, 2.05) is 50.2 Å². The third kappa shape index (κ3) is 4.37. The molecule has 1 amide bonds. The van der Waals surface area contributed by atoms with Gasteiger partial charge in [0.25, 0.3) is 0 Å². The van der Waals surface area contributed by atoms with Crippen LogP contribution in [0.2, 0.25) is 5.02 Å². The van der Waals surface area contributed by atoms with Gasteiger partial charge in [0.15, 0.2) is 0 Å². The quantitative estimate of drug-likeness (QED) is 0.689. The van der Waals surface area contributed by atoms with Crippen LogP contribution in [0.3, 0.4) is 0 Å². The van der Waals surface area contributed by atoms with Gasteiger partial charge in [-0.05, 0) is 66.2 Å². The number of nitrogens with one attached hydrogen (secondary N) is 1. The summed E-state index contributed by atoms with van der Waals surface area (Å²) in [5.41, 5.74) is 2.64. The molecule has 0 unspecified atom stereocenters. The molecule has 0 fully saturated rings. The molecule has 0 aliphatic rings. The van der Waals surface area contributed by atoms with Crippen LogP contribution in [-0.2, 0) is 4.79 Å². The number of thioether (sulfide) groups is 1. The maximum Gasteiger partial charge on any atom is 0.237 e. The Hall–Kier alpha value is -2.38. The number of benzene rings is 2. The summed E-state index contributed by atoms with van der Waals surface area (Å²) in [4.78, 5) is 12.4. The third-order valence-corrected chi connectivity index (χ3v) is 4.73. The lowest BCUT2D eigenvalue weighted by Gasteiger charge is -2.12. The zero-order valence-corrected chi connectivity index (χ0v) is 15.3. The summed E-state index contributed by atoms with van der Waals surface area (Å²) in [6.07, 6.45) is 0. The average molecular weight is 374 g/mol. The van der Waals surface area contributed by atoms with Gasteiger partial charge in [0, 0.05) is 10.7 Å². The van der Waals surface area contributed by atoms with Gasteiger partial charge in [-0.3, -0.25) is 4.79 Å². The summed E-state index contributed by atoms with van der Waals surface area (Å²) < 4.78 is 1.58. The second kappa shape index (κ2) is 7.67. The highest BCUT2D eigenvalue weighted by Crippen LogP contribution is 2.24. The largest absolute Gasteiger partial charge is 0.325 e. The fraction of sp³-hybridized carbons (Fsp3) is 0.176. The number of carbonyl (C=O) groups excluding carboxylic acids is 1. The van der Waals surface area contributed by atoms with E-state index in [-0.39, 0.29) is 11.2 Å². The fourth-order valence-electron chi connectivity index (χ4n) is 2.18. The number of aryl methyl sites for hydroxylation is 1. The van der Waals surface area contributed by atoms with E-state index in [0.717, 1.165) is 16.9 Å². The first-order valence-electron chi connectivity index (χ1n) is 7.61. The average Bonchev–Trinajstić information content (AvgIpc) is 3.03. The van der Waals surface area contributed by atoms with Crippen LogP contribution in [0.15, 0.2) is 53.7 Å². The molecule has 2 aromatic carbocycles. The second-order valence-corrected chi connectivity index (χ2v) is 7.21. The number of hydrogen-bond donors (Lipinski definition) is 1. The SMILES string of the molecule is Cc1cccc(NC(=O)[C@@H](C)Sc2nnnn2-c2ccc(Cl)cc2)c1. The molecule has 3 rings (SSSR count). The van der Waals surface area contributed by atoms with E-state index in [2.05, 4.69) is 20.8 Å². The summed E-state index contributed by atoms with van der Waals surface area (Å²) in [5.74, 6) is -0.110. The molecule has 0 saturated carbocycles. The Bertz CT molecular complexity index is 881. The molecule has 128 valence electrons. The number of carbonyl (C=O) groups is 1. The van der Waals surface area contributed by atoms with Crippen LogP contribution >= 0.6 is 23.4 Å². The molecule has 8 heteroatoms. The molecule has 0 radical (unpaired) electrons. The van der Waals surface area contributed by atoms with Crippen molar-refractivity contribution in [3.05, 3.63) is 59.1 Å². The van der Waals surface area contributed by atoms with Crippen molar-refractivity contribution in [3.8, 4) is 5.69 Å². The molecule has 1 heterocycles. The monoisotopic (exact) mass is 373 g/mol. The number of tetrazole rings is 1. The molecule has 0 saturated heterocycles. The lowest BCUT2D eigenvalue weighted by molar-refractivity contribution is -0.115. The minimum atomic E-state index is -0.363. The van der Waals surface area contributed by atoms with Crippen LogP contribution in [0.1, 0.15) is 12.5 Å². The standard InChI is InChI=1S/C17H16ClN5OS/c1-11-4-3-5-14(10-11)19-16(24)12(2)25-17-20-21-22-23(17)15-8-6-13(18)7-9-15/h3-10,12H,1-2H3,(H,19,24)/t12-/m1/s1. The maximum atomic E-state index is 12.4. The van der Waals surface area contributed by atoms with E-state index in [9.17, 15) is 4.79 Å². The van der Waals surface area contributed by atoms with Crippen LogP contribution in [0.4, 0.5) is 5.69 Å².